The van der Waals surface area contributed by atoms with Crippen LogP contribution < -0.4 is 0 Å². The smallest absolute Gasteiger partial charge is 0.307 e. The first-order chi connectivity index (χ1) is 8.97. The van der Waals surface area contributed by atoms with Gasteiger partial charge in [-0.1, -0.05) is 6.07 Å². The van der Waals surface area contributed by atoms with E-state index in [1.807, 2.05) is 0 Å². The van der Waals surface area contributed by atoms with Crippen molar-refractivity contribution in [1.82, 2.24) is 0 Å². The summed E-state index contributed by atoms with van der Waals surface area (Å²) in [6.45, 7) is 1.23. The number of ether oxygens (including phenoxy) is 1. The number of halogens is 3. The van der Waals surface area contributed by atoms with E-state index >= 15 is 0 Å². The lowest BCUT2D eigenvalue weighted by Gasteiger charge is -2.16. The summed E-state index contributed by atoms with van der Waals surface area (Å²) in [5.74, 6) is -2.88. The molecule has 1 aliphatic rings. The topological polar surface area (TPSA) is 26.3 Å². The van der Waals surface area contributed by atoms with Gasteiger partial charge in [-0.3, -0.25) is 4.79 Å². The highest BCUT2D eigenvalue weighted by Crippen LogP contribution is 2.33. The van der Waals surface area contributed by atoms with Crippen molar-refractivity contribution < 1.29 is 22.7 Å². The molecule has 1 aliphatic carbocycles. The molecule has 100 valence electrons. The summed E-state index contributed by atoms with van der Waals surface area (Å²) in [5, 5.41) is 0. The molecule has 0 saturated carbocycles. The molecule has 1 aromatic rings. The summed E-state index contributed by atoms with van der Waals surface area (Å²) in [7, 11) is 0. The normalized spacial score (nSPS) is 15.3. The molecule has 2 rings (SSSR count). The molecule has 0 bridgehead atoms. The fourth-order valence-electron chi connectivity index (χ4n) is 1.90. The maximum Gasteiger partial charge on any atom is 0.307 e. The monoisotopic (exact) mass is 268 g/mol. The third-order valence-corrected chi connectivity index (χ3v) is 2.74. The second-order valence-electron chi connectivity index (χ2n) is 4.16. The predicted octanol–water partition coefficient (Wildman–Crippen LogP) is 3.89. The number of hydrogen-bond acceptors (Lipinski definition) is 2. The Morgan fingerprint density at radius 1 is 1.16 bits per heavy atom. The van der Waals surface area contributed by atoms with Crippen LogP contribution in [0.25, 0.3) is 5.57 Å². The van der Waals surface area contributed by atoms with Gasteiger partial charge in [-0.05, 0) is 29.7 Å². The minimum atomic E-state index is -1.02. The molecule has 19 heavy (non-hydrogen) atoms. The Bertz CT molecular complexity index is 588. The van der Waals surface area contributed by atoms with Crippen molar-refractivity contribution in [3.05, 3.63) is 53.1 Å². The Kier molecular flexibility index (Phi) is 3.74. The molecule has 0 amide bonds. The number of rotatable bonds is 2. The molecule has 5 heteroatoms. The van der Waals surface area contributed by atoms with Gasteiger partial charge in [-0.15, -0.1) is 0 Å². The van der Waals surface area contributed by atoms with Crippen LogP contribution in [0.5, 0.6) is 0 Å². The Morgan fingerprint density at radius 3 is 2.47 bits per heavy atom. The minimum absolute atomic E-state index is 0.233. The third kappa shape index (κ3) is 3.05. The van der Waals surface area contributed by atoms with Gasteiger partial charge >= 0.3 is 5.97 Å². The molecule has 0 atom stereocenters. The third-order valence-electron chi connectivity index (χ3n) is 2.74. The molecule has 1 aromatic carbocycles. The number of carbonyl (C=O) groups excluding carboxylic acids is 1. The highest BCUT2D eigenvalue weighted by atomic mass is 19.2. The lowest BCUT2D eigenvalue weighted by atomic mass is 9.95. The van der Waals surface area contributed by atoms with Crippen molar-refractivity contribution >= 4 is 11.5 Å². The molecule has 2 nitrogen and oxygen atoms in total. The maximum absolute atomic E-state index is 13.9. The van der Waals surface area contributed by atoms with Gasteiger partial charge in [0, 0.05) is 19.4 Å². The van der Waals surface area contributed by atoms with Gasteiger partial charge in [0.2, 0.25) is 0 Å². The zero-order valence-corrected chi connectivity index (χ0v) is 10.2. The van der Waals surface area contributed by atoms with Crippen LogP contribution in [0.4, 0.5) is 13.2 Å². The second kappa shape index (κ2) is 5.30. The highest BCUT2D eigenvalue weighted by molar-refractivity contribution is 5.72. The summed E-state index contributed by atoms with van der Waals surface area (Å²) in [5.41, 5.74) is 0.560. The number of allylic oxidation sites excluding steroid dienone is 4. The fourth-order valence-corrected chi connectivity index (χ4v) is 1.90. The van der Waals surface area contributed by atoms with Crippen molar-refractivity contribution in [2.24, 2.45) is 0 Å². The van der Waals surface area contributed by atoms with Crippen molar-refractivity contribution in [2.45, 2.75) is 19.8 Å². The molecule has 0 aromatic heterocycles. The molecule has 0 saturated heterocycles. The average Bonchev–Trinajstić information content (AvgIpc) is 2.32. The molecule has 0 unspecified atom stereocenters. The number of esters is 1. The van der Waals surface area contributed by atoms with Gasteiger partial charge in [0.1, 0.15) is 11.6 Å². The zero-order valence-electron chi connectivity index (χ0n) is 10.2. The van der Waals surface area contributed by atoms with E-state index in [2.05, 4.69) is 0 Å². The Morgan fingerprint density at radius 2 is 1.89 bits per heavy atom. The first kappa shape index (κ1) is 13.4. The molecule has 0 N–H and O–H groups in total. The summed E-state index contributed by atoms with van der Waals surface area (Å²) < 4.78 is 44.6. The van der Waals surface area contributed by atoms with Crippen molar-refractivity contribution in [2.75, 3.05) is 0 Å². The van der Waals surface area contributed by atoms with Gasteiger partial charge < -0.3 is 4.74 Å². The largest absolute Gasteiger partial charge is 0.431 e. The van der Waals surface area contributed by atoms with E-state index in [4.69, 9.17) is 4.74 Å². The van der Waals surface area contributed by atoms with Crippen molar-refractivity contribution in [3.63, 3.8) is 0 Å². The van der Waals surface area contributed by atoms with Crippen LogP contribution in [0.3, 0.4) is 0 Å². The van der Waals surface area contributed by atoms with Crippen molar-refractivity contribution in [3.8, 4) is 0 Å². The lowest BCUT2D eigenvalue weighted by molar-refractivity contribution is -0.137. The quantitative estimate of drug-likeness (QED) is 0.761. The number of hydrogen-bond donors (Lipinski definition) is 0. The van der Waals surface area contributed by atoms with E-state index in [0.29, 0.717) is 6.42 Å². The van der Waals surface area contributed by atoms with Gasteiger partial charge in [0.15, 0.2) is 11.6 Å². The van der Waals surface area contributed by atoms with E-state index in [1.165, 1.54) is 13.0 Å². The van der Waals surface area contributed by atoms with Gasteiger partial charge in [-0.2, -0.15) is 0 Å². The van der Waals surface area contributed by atoms with E-state index < -0.39 is 23.4 Å². The van der Waals surface area contributed by atoms with E-state index in [-0.39, 0.29) is 23.3 Å². The van der Waals surface area contributed by atoms with Crippen LogP contribution in [0.15, 0.2) is 35.9 Å². The standard InChI is InChI=1S/C14H11F3O2/c1-8(18)19-10-3-4-11(13(16)7-10)9-2-5-12(15)14(17)6-9/h2,5-7H,3-4H2,1H3. The number of benzene rings is 1. The Labute approximate surface area is 108 Å². The van der Waals surface area contributed by atoms with Crippen LogP contribution in [0.1, 0.15) is 25.3 Å². The first-order valence-electron chi connectivity index (χ1n) is 5.70. The van der Waals surface area contributed by atoms with Gasteiger partial charge in [0.05, 0.1) is 0 Å². The maximum atomic E-state index is 13.9. The lowest BCUT2D eigenvalue weighted by Crippen LogP contribution is -2.04. The summed E-state index contributed by atoms with van der Waals surface area (Å²) in [6, 6.07) is 3.23. The Balaban J connectivity index is 2.32. The first-order valence-corrected chi connectivity index (χ1v) is 5.70. The minimum Gasteiger partial charge on any atom is -0.431 e. The van der Waals surface area contributed by atoms with Crippen LogP contribution in [-0.4, -0.2) is 5.97 Å². The summed E-state index contributed by atoms with van der Waals surface area (Å²) in [6.07, 6.45) is 1.69. The van der Waals surface area contributed by atoms with Crippen LogP contribution in [-0.2, 0) is 9.53 Å². The molecule has 0 spiro atoms. The SMILES string of the molecule is CC(=O)OC1=CC(F)=C(c2ccc(F)c(F)c2)CC1. The average molecular weight is 268 g/mol. The van der Waals surface area contributed by atoms with Crippen LogP contribution in [0.2, 0.25) is 0 Å². The summed E-state index contributed by atoms with van der Waals surface area (Å²) >= 11 is 0. The fraction of sp³-hybridized carbons (Fsp3) is 0.214. The van der Waals surface area contributed by atoms with Gasteiger partial charge in [-0.25, -0.2) is 13.2 Å². The Hall–Kier alpha value is -2.04. The van der Waals surface area contributed by atoms with Crippen LogP contribution in [0, 0.1) is 11.6 Å². The molecule has 0 radical (unpaired) electrons. The van der Waals surface area contributed by atoms with E-state index in [9.17, 15) is 18.0 Å². The van der Waals surface area contributed by atoms with E-state index in [1.54, 1.807) is 0 Å². The molecule has 0 aliphatic heterocycles. The van der Waals surface area contributed by atoms with Gasteiger partial charge in [0.25, 0.3) is 0 Å². The van der Waals surface area contributed by atoms with Crippen molar-refractivity contribution in [1.29, 1.82) is 0 Å². The predicted molar refractivity (Wildman–Crippen MR) is 63.5 cm³/mol. The highest BCUT2D eigenvalue weighted by Gasteiger charge is 2.18. The molecule has 0 fully saturated rings. The molecular formula is C14H11F3O2. The second-order valence-corrected chi connectivity index (χ2v) is 4.16. The number of carbonyl (C=O) groups is 1. The molecular weight excluding hydrogens is 257 g/mol. The zero-order chi connectivity index (χ0) is 14.0. The summed E-state index contributed by atoms with van der Waals surface area (Å²) in [4.78, 5) is 10.8. The van der Waals surface area contributed by atoms with Crippen LogP contribution >= 0.6 is 0 Å². The molecule has 0 heterocycles. The van der Waals surface area contributed by atoms with E-state index in [0.717, 1.165) is 18.2 Å².